The molecule has 38 heavy (non-hydrogen) atoms. The minimum absolute atomic E-state index is 0.272. The standard InChI is InChI=1S/C31H29N5OS/c1-36(2)19-11-16-24-20-27(34-29(33-24)23-14-7-4-8-15-23)30(37)35-26-18-10-9-17-25(26)31-32-21-28(38-31)22-12-5-3-6-13-22/h3-10,12-15,17-18,20-21H,11,16,19H2,1-2H3,(H,35,37). The number of benzene rings is 3. The van der Waals surface area contributed by atoms with Gasteiger partial charge in [-0.15, -0.1) is 11.3 Å². The van der Waals surface area contributed by atoms with Crippen LogP contribution in [0.25, 0.3) is 32.4 Å². The first-order valence-electron chi connectivity index (χ1n) is 12.6. The maximum Gasteiger partial charge on any atom is 0.274 e. The summed E-state index contributed by atoms with van der Waals surface area (Å²) >= 11 is 1.60. The van der Waals surface area contributed by atoms with Gasteiger partial charge in [0.2, 0.25) is 0 Å². The summed E-state index contributed by atoms with van der Waals surface area (Å²) in [6, 6.07) is 29.5. The van der Waals surface area contributed by atoms with Crippen molar-refractivity contribution in [1.82, 2.24) is 19.9 Å². The van der Waals surface area contributed by atoms with Gasteiger partial charge in [-0.05, 0) is 57.2 Å². The molecule has 0 fully saturated rings. The summed E-state index contributed by atoms with van der Waals surface area (Å²) in [6.45, 7) is 0.943. The van der Waals surface area contributed by atoms with Crippen molar-refractivity contribution in [1.29, 1.82) is 0 Å². The highest BCUT2D eigenvalue weighted by atomic mass is 32.1. The molecule has 0 radical (unpaired) electrons. The highest BCUT2D eigenvalue weighted by Crippen LogP contribution is 2.35. The van der Waals surface area contributed by atoms with Crippen LogP contribution in [0.4, 0.5) is 5.69 Å². The third kappa shape index (κ3) is 6.19. The first-order valence-corrected chi connectivity index (χ1v) is 13.4. The molecule has 2 aromatic heterocycles. The van der Waals surface area contributed by atoms with Crippen LogP contribution in [0.15, 0.2) is 97.2 Å². The topological polar surface area (TPSA) is 71.0 Å². The Hall–Kier alpha value is -4.20. The van der Waals surface area contributed by atoms with Crippen LogP contribution in [0, 0.1) is 0 Å². The zero-order valence-corrected chi connectivity index (χ0v) is 22.3. The summed E-state index contributed by atoms with van der Waals surface area (Å²) in [6.07, 6.45) is 3.58. The number of carbonyl (C=O) groups is 1. The maximum absolute atomic E-state index is 13.5. The van der Waals surface area contributed by atoms with Gasteiger partial charge in [-0.1, -0.05) is 72.8 Å². The SMILES string of the molecule is CN(C)CCCc1cc(C(=O)Nc2ccccc2-c2ncc(-c3ccccc3)s2)nc(-c2ccccc2)n1. The number of amides is 1. The fourth-order valence-electron chi connectivity index (χ4n) is 4.13. The van der Waals surface area contributed by atoms with Gasteiger partial charge in [0, 0.05) is 23.0 Å². The van der Waals surface area contributed by atoms with E-state index in [-0.39, 0.29) is 5.91 Å². The largest absolute Gasteiger partial charge is 0.320 e. The number of anilines is 1. The fraction of sp³-hybridized carbons (Fsp3) is 0.161. The number of hydrogen-bond acceptors (Lipinski definition) is 6. The van der Waals surface area contributed by atoms with Gasteiger partial charge < -0.3 is 10.2 Å². The molecular formula is C31H29N5OS. The van der Waals surface area contributed by atoms with E-state index in [1.807, 2.05) is 79.0 Å². The average molecular weight is 520 g/mol. The Bertz CT molecular complexity index is 1520. The van der Waals surface area contributed by atoms with Crippen LogP contribution in [0.3, 0.4) is 0 Å². The van der Waals surface area contributed by atoms with Gasteiger partial charge in [-0.3, -0.25) is 4.79 Å². The molecule has 0 saturated heterocycles. The molecule has 3 aromatic carbocycles. The van der Waals surface area contributed by atoms with E-state index in [4.69, 9.17) is 4.98 Å². The molecule has 0 saturated carbocycles. The summed E-state index contributed by atoms with van der Waals surface area (Å²) in [4.78, 5) is 30.8. The minimum atomic E-state index is -0.272. The molecule has 5 aromatic rings. The molecule has 0 bridgehead atoms. The Morgan fingerprint density at radius 3 is 2.29 bits per heavy atom. The van der Waals surface area contributed by atoms with Crippen LogP contribution in [-0.4, -0.2) is 46.4 Å². The summed E-state index contributed by atoms with van der Waals surface area (Å²) in [5.41, 5.74) is 4.77. The van der Waals surface area contributed by atoms with Crippen LogP contribution >= 0.6 is 11.3 Å². The van der Waals surface area contributed by atoms with E-state index in [0.717, 1.165) is 51.7 Å². The van der Waals surface area contributed by atoms with Crippen LogP contribution in [0.1, 0.15) is 22.6 Å². The third-order valence-electron chi connectivity index (χ3n) is 6.05. The molecule has 6 nitrogen and oxygen atoms in total. The van der Waals surface area contributed by atoms with E-state index >= 15 is 0 Å². The van der Waals surface area contributed by atoms with Crippen molar-refractivity contribution >= 4 is 22.9 Å². The van der Waals surface area contributed by atoms with Crippen LogP contribution in [0.5, 0.6) is 0 Å². The van der Waals surface area contributed by atoms with Crippen molar-refractivity contribution in [2.45, 2.75) is 12.8 Å². The van der Waals surface area contributed by atoms with Crippen LogP contribution < -0.4 is 5.32 Å². The first kappa shape index (κ1) is 25.4. The highest BCUT2D eigenvalue weighted by Gasteiger charge is 2.17. The molecule has 0 spiro atoms. The van der Waals surface area contributed by atoms with Gasteiger partial charge >= 0.3 is 0 Å². The molecule has 0 unspecified atom stereocenters. The number of nitrogens with one attached hydrogen (secondary N) is 1. The van der Waals surface area contributed by atoms with Gasteiger partial charge in [0.25, 0.3) is 5.91 Å². The molecule has 7 heteroatoms. The number of aromatic nitrogens is 3. The Balaban J connectivity index is 1.43. The summed E-state index contributed by atoms with van der Waals surface area (Å²) in [7, 11) is 4.11. The van der Waals surface area contributed by atoms with Gasteiger partial charge in [0.05, 0.1) is 10.6 Å². The predicted octanol–water partition coefficient (Wildman–Crippen LogP) is 6.68. The van der Waals surface area contributed by atoms with E-state index in [0.29, 0.717) is 17.2 Å². The second-order valence-electron chi connectivity index (χ2n) is 9.24. The second kappa shape index (κ2) is 11.9. The lowest BCUT2D eigenvalue weighted by Crippen LogP contribution is -2.17. The molecule has 5 rings (SSSR count). The summed E-state index contributed by atoms with van der Waals surface area (Å²) in [5, 5.41) is 3.93. The lowest BCUT2D eigenvalue weighted by atomic mass is 10.1. The quantitative estimate of drug-likeness (QED) is 0.235. The number of rotatable bonds is 9. The minimum Gasteiger partial charge on any atom is -0.320 e. The van der Waals surface area contributed by atoms with Gasteiger partial charge in [-0.2, -0.15) is 0 Å². The van der Waals surface area contributed by atoms with E-state index in [9.17, 15) is 4.79 Å². The molecule has 2 heterocycles. The maximum atomic E-state index is 13.5. The Morgan fingerprint density at radius 2 is 1.55 bits per heavy atom. The van der Waals surface area contributed by atoms with Gasteiger partial charge in [-0.25, -0.2) is 15.0 Å². The highest BCUT2D eigenvalue weighted by molar-refractivity contribution is 7.18. The van der Waals surface area contributed by atoms with E-state index in [1.54, 1.807) is 17.4 Å². The number of aryl methyl sites for hydroxylation is 1. The molecule has 0 aliphatic heterocycles. The lowest BCUT2D eigenvalue weighted by molar-refractivity contribution is 0.102. The van der Waals surface area contributed by atoms with Crippen LogP contribution in [-0.2, 0) is 6.42 Å². The summed E-state index contributed by atoms with van der Waals surface area (Å²) in [5.74, 6) is 0.282. The van der Waals surface area contributed by atoms with Gasteiger partial charge in [0.1, 0.15) is 10.7 Å². The summed E-state index contributed by atoms with van der Waals surface area (Å²) < 4.78 is 0. The number of hydrogen-bond donors (Lipinski definition) is 1. The smallest absolute Gasteiger partial charge is 0.274 e. The van der Waals surface area contributed by atoms with Crippen molar-refractivity contribution < 1.29 is 4.79 Å². The Labute approximate surface area is 227 Å². The molecular weight excluding hydrogens is 490 g/mol. The molecule has 0 aliphatic carbocycles. The number of carbonyl (C=O) groups excluding carboxylic acids is 1. The molecule has 1 amide bonds. The Kier molecular flexibility index (Phi) is 7.97. The average Bonchev–Trinajstić information content (AvgIpc) is 3.44. The number of nitrogens with zero attached hydrogens (tertiary/aromatic N) is 4. The van der Waals surface area contributed by atoms with Crippen molar-refractivity contribution in [3.8, 4) is 32.4 Å². The van der Waals surface area contributed by atoms with E-state index in [1.165, 1.54) is 0 Å². The molecule has 0 aliphatic rings. The first-order chi connectivity index (χ1) is 18.6. The Morgan fingerprint density at radius 1 is 0.868 bits per heavy atom. The van der Waals surface area contributed by atoms with Gasteiger partial charge in [0.15, 0.2) is 5.82 Å². The van der Waals surface area contributed by atoms with Crippen molar-refractivity contribution in [2.75, 3.05) is 26.0 Å². The zero-order valence-electron chi connectivity index (χ0n) is 21.5. The zero-order chi connectivity index (χ0) is 26.3. The molecule has 0 atom stereocenters. The monoisotopic (exact) mass is 519 g/mol. The fourth-order valence-corrected chi connectivity index (χ4v) is 5.10. The van der Waals surface area contributed by atoms with Crippen molar-refractivity contribution in [3.63, 3.8) is 0 Å². The van der Waals surface area contributed by atoms with Crippen LogP contribution in [0.2, 0.25) is 0 Å². The number of para-hydroxylation sites is 1. The van der Waals surface area contributed by atoms with Crippen molar-refractivity contribution in [2.24, 2.45) is 0 Å². The van der Waals surface area contributed by atoms with Crippen molar-refractivity contribution in [3.05, 3.63) is 109 Å². The normalized spacial score (nSPS) is 11.0. The molecule has 190 valence electrons. The van der Waals surface area contributed by atoms with E-state index in [2.05, 4.69) is 46.4 Å². The predicted molar refractivity (Wildman–Crippen MR) is 155 cm³/mol. The van der Waals surface area contributed by atoms with E-state index < -0.39 is 0 Å². The third-order valence-corrected chi connectivity index (χ3v) is 7.13. The second-order valence-corrected chi connectivity index (χ2v) is 10.3. The number of thiazole rings is 1. The lowest BCUT2D eigenvalue weighted by Gasteiger charge is -2.12. The molecule has 1 N–H and O–H groups in total.